The molecule has 19 heavy (non-hydrogen) atoms. The van der Waals surface area contributed by atoms with Gasteiger partial charge in [-0.05, 0) is 36.7 Å². The molecule has 0 saturated heterocycles. The minimum atomic E-state index is -0.320. The van der Waals surface area contributed by atoms with E-state index in [4.69, 9.17) is 0 Å². The van der Waals surface area contributed by atoms with E-state index in [0.717, 1.165) is 12.8 Å². The van der Waals surface area contributed by atoms with E-state index in [1.54, 1.807) is 18.2 Å². The molecule has 1 fully saturated rings. The quantitative estimate of drug-likeness (QED) is 0.655. The van der Waals surface area contributed by atoms with Crippen molar-refractivity contribution in [1.82, 2.24) is 0 Å². The van der Waals surface area contributed by atoms with Gasteiger partial charge in [0.05, 0.1) is 4.92 Å². The van der Waals surface area contributed by atoms with Gasteiger partial charge in [0, 0.05) is 12.1 Å². The monoisotopic (exact) mass is 262 g/mol. The van der Waals surface area contributed by atoms with Crippen molar-refractivity contribution in [2.24, 2.45) is 11.3 Å². The van der Waals surface area contributed by atoms with Gasteiger partial charge < -0.3 is 5.32 Å². The Kier molecular flexibility index (Phi) is 3.78. The Balaban J connectivity index is 2.15. The molecule has 1 aromatic rings. The van der Waals surface area contributed by atoms with Gasteiger partial charge in [-0.15, -0.1) is 0 Å². The van der Waals surface area contributed by atoms with Crippen LogP contribution in [0.1, 0.15) is 40.0 Å². The van der Waals surface area contributed by atoms with Gasteiger partial charge in [-0.25, -0.2) is 0 Å². The average Bonchev–Trinajstić information content (AvgIpc) is 2.26. The van der Waals surface area contributed by atoms with Gasteiger partial charge in [-0.3, -0.25) is 10.1 Å². The molecule has 0 amide bonds. The predicted molar refractivity (Wildman–Crippen MR) is 77.3 cm³/mol. The molecule has 2 unspecified atom stereocenters. The van der Waals surface area contributed by atoms with Crippen LogP contribution in [0.5, 0.6) is 0 Å². The van der Waals surface area contributed by atoms with Gasteiger partial charge in [0.25, 0.3) is 5.69 Å². The van der Waals surface area contributed by atoms with Crippen molar-refractivity contribution in [1.29, 1.82) is 0 Å². The van der Waals surface area contributed by atoms with Gasteiger partial charge in [-0.1, -0.05) is 32.9 Å². The minimum Gasteiger partial charge on any atom is -0.377 e. The largest absolute Gasteiger partial charge is 0.377 e. The van der Waals surface area contributed by atoms with E-state index in [1.165, 1.54) is 6.42 Å². The maximum absolute atomic E-state index is 11.0. The summed E-state index contributed by atoms with van der Waals surface area (Å²) in [6, 6.07) is 7.22. The SMILES string of the molecule is CC1CC(Nc2ccccc2[N+](=O)[O-])CC(C)(C)C1. The Morgan fingerprint density at radius 3 is 2.63 bits per heavy atom. The lowest BCUT2D eigenvalue weighted by atomic mass is 9.70. The highest BCUT2D eigenvalue weighted by Gasteiger charge is 2.32. The number of nitro benzene ring substituents is 1. The molecular weight excluding hydrogens is 240 g/mol. The lowest BCUT2D eigenvalue weighted by molar-refractivity contribution is -0.384. The normalized spacial score (nSPS) is 25.8. The van der Waals surface area contributed by atoms with Crippen LogP contribution in [0.25, 0.3) is 0 Å². The standard InChI is InChI=1S/C15H22N2O2/c1-11-8-12(10-15(2,3)9-11)16-13-6-4-5-7-14(13)17(18)19/h4-7,11-12,16H,8-10H2,1-3H3. The molecule has 4 nitrogen and oxygen atoms in total. The third-order valence-corrected chi connectivity index (χ3v) is 3.85. The van der Waals surface area contributed by atoms with Crippen LogP contribution in [0.15, 0.2) is 24.3 Å². The molecule has 4 heteroatoms. The average molecular weight is 262 g/mol. The molecule has 1 aromatic carbocycles. The molecule has 1 saturated carbocycles. The first-order valence-electron chi connectivity index (χ1n) is 6.87. The Morgan fingerprint density at radius 1 is 1.32 bits per heavy atom. The highest BCUT2D eigenvalue weighted by Crippen LogP contribution is 2.40. The lowest BCUT2D eigenvalue weighted by Gasteiger charge is -2.39. The van der Waals surface area contributed by atoms with Crippen molar-refractivity contribution in [3.63, 3.8) is 0 Å². The summed E-state index contributed by atoms with van der Waals surface area (Å²) in [5, 5.41) is 14.4. The fourth-order valence-corrected chi connectivity index (χ4v) is 3.43. The molecular formula is C15H22N2O2. The fraction of sp³-hybridized carbons (Fsp3) is 0.600. The smallest absolute Gasteiger partial charge is 0.292 e. The van der Waals surface area contributed by atoms with Crippen molar-refractivity contribution in [2.45, 2.75) is 46.1 Å². The molecule has 1 aliphatic carbocycles. The number of nitrogens with zero attached hydrogens (tertiary/aromatic N) is 1. The number of nitro groups is 1. The second-order valence-electron chi connectivity index (χ2n) is 6.53. The Morgan fingerprint density at radius 2 is 2.00 bits per heavy atom. The molecule has 0 heterocycles. The van der Waals surface area contributed by atoms with Crippen molar-refractivity contribution in [3.05, 3.63) is 34.4 Å². The van der Waals surface area contributed by atoms with Crippen LogP contribution in [0.3, 0.4) is 0 Å². The maximum Gasteiger partial charge on any atom is 0.292 e. The Labute approximate surface area is 114 Å². The fourth-order valence-electron chi connectivity index (χ4n) is 3.43. The third kappa shape index (κ3) is 3.46. The topological polar surface area (TPSA) is 55.2 Å². The van der Waals surface area contributed by atoms with Crippen LogP contribution in [0.4, 0.5) is 11.4 Å². The summed E-state index contributed by atoms with van der Waals surface area (Å²) in [4.78, 5) is 10.7. The second-order valence-corrected chi connectivity index (χ2v) is 6.53. The number of rotatable bonds is 3. The number of para-hydroxylation sites is 2. The van der Waals surface area contributed by atoms with E-state index >= 15 is 0 Å². The van der Waals surface area contributed by atoms with Gasteiger partial charge in [0.1, 0.15) is 5.69 Å². The summed E-state index contributed by atoms with van der Waals surface area (Å²) < 4.78 is 0. The van der Waals surface area contributed by atoms with Crippen molar-refractivity contribution >= 4 is 11.4 Å². The number of hydrogen-bond acceptors (Lipinski definition) is 3. The first kappa shape index (κ1) is 13.8. The summed E-state index contributed by atoms with van der Waals surface area (Å²) in [7, 11) is 0. The highest BCUT2D eigenvalue weighted by atomic mass is 16.6. The molecule has 1 aliphatic rings. The molecule has 2 atom stereocenters. The molecule has 0 aromatic heterocycles. The summed E-state index contributed by atoms with van der Waals surface area (Å²) in [5.74, 6) is 0.656. The van der Waals surface area contributed by atoms with Crippen LogP contribution in [0.2, 0.25) is 0 Å². The molecule has 2 rings (SSSR count). The summed E-state index contributed by atoms with van der Waals surface area (Å²) in [5.41, 5.74) is 1.11. The first-order valence-corrected chi connectivity index (χ1v) is 6.87. The molecule has 0 spiro atoms. The zero-order chi connectivity index (χ0) is 14.0. The van der Waals surface area contributed by atoms with E-state index < -0.39 is 0 Å². The van der Waals surface area contributed by atoms with Gasteiger partial charge in [0.2, 0.25) is 0 Å². The highest BCUT2D eigenvalue weighted by molar-refractivity contribution is 5.61. The second kappa shape index (κ2) is 5.19. The van der Waals surface area contributed by atoms with Crippen molar-refractivity contribution in [2.75, 3.05) is 5.32 Å². The van der Waals surface area contributed by atoms with Crippen LogP contribution < -0.4 is 5.32 Å². The minimum absolute atomic E-state index is 0.165. The zero-order valence-corrected chi connectivity index (χ0v) is 11.8. The molecule has 104 valence electrons. The van der Waals surface area contributed by atoms with E-state index in [0.29, 0.717) is 23.1 Å². The first-order chi connectivity index (χ1) is 8.87. The van der Waals surface area contributed by atoms with Crippen LogP contribution >= 0.6 is 0 Å². The third-order valence-electron chi connectivity index (χ3n) is 3.85. The van der Waals surface area contributed by atoms with Gasteiger partial charge >= 0.3 is 0 Å². The van der Waals surface area contributed by atoms with Gasteiger partial charge in [-0.2, -0.15) is 0 Å². The summed E-state index contributed by atoms with van der Waals surface area (Å²) in [6.45, 7) is 6.81. The van der Waals surface area contributed by atoms with Crippen molar-refractivity contribution < 1.29 is 4.92 Å². The van der Waals surface area contributed by atoms with E-state index in [-0.39, 0.29) is 10.6 Å². The Bertz CT molecular complexity index is 471. The van der Waals surface area contributed by atoms with E-state index in [1.807, 2.05) is 6.07 Å². The predicted octanol–water partition coefficient (Wildman–Crippen LogP) is 4.22. The van der Waals surface area contributed by atoms with E-state index in [9.17, 15) is 10.1 Å². The van der Waals surface area contributed by atoms with Gasteiger partial charge in [0.15, 0.2) is 0 Å². The molecule has 1 N–H and O–H groups in total. The maximum atomic E-state index is 11.0. The Hall–Kier alpha value is -1.58. The summed E-state index contributed by atoms with van der Waals surface area (Å²) in [6.07, 6.45) is 3.36. The van der Waals surface area contributed by atoms with Crippen LogP contribution in [-0.4, -0.2) is 11.0 Å². The number of benzene rings is 1. The number of anilines is 1. The molecule has 0 aliphatic heterocycles. The van der Waals surface area contributed by atoms with Crippen LogP contribution in [0, 0.1) is 21.4 Å². The number of hydrogen-bond donors (Lipinski definition) is 1. The number of nitrogens with one attached hydrogen (secondary N) is 1. The van der Waals surface area contributed by atoms with Crippen LogP contribution in [-0.2, 0) is 0 Å². The zero-order valence-electron chi connectivity index (χ0n) is 11.8. The molecule has 0 radical (unpaired) electrons. The van der Waals surface area contributed by atoms with E-state index in [2.05, 4.69) is 26.1 Å². The lowest BCUT2D eigenvalue weighted by Crippen LogP contribution is -2.35. The van der Waals surface area contributed by atoms with Crippen molar-refractivity contribution in [3.8, 4) is 0 Å². The summed E-state index contributed by atoms with van der Waals surface area (Å²) >= 11 is 0. The molecule has 0 bridgehead atoms.